The Balaban J connectivity index is 1.72. The van der Waals surface area contributed by atoms with Crippen LogP contribution < -0.4 is 10.6 Å². The zero-order valence-electron chi connectivity index (χ0n) is 12.6. The molecule has 7 heteroatoms. The van der Waals surface area contributed by atoms with Gasteiger partial charge in [0.15, 0.2) is 0 Å². The maximum Gasteiger partial charge on any atom is 0.322 e. The molecule has 0 fully saturated rings. The number of anilines is 2. The number of nitrogens with zero attached hydrogens (tertiary/aromatic N) is 1. The molecule has 0 aliphatic carbocycles. The van der Waals surface area contributed by atoms with E-state index in [1.165, 1.54) is 17.4 Å². The second-order valence-electron chi connectivity index (χ2n) is 5.35. The molecule has 3 rings (SSSR count). The van der Waals surface area contributed by atoms with Crippen LogP contribution in [-0.4, -0.2) is 23.4 Å². The van der Waals surface area contributed by atoms with E-state index in [2.05, 4.69) is 22.1 Å². The molecule has 3 amide bonds. The van der Waals surface area contributed by atoms with Crippen molar-refractivity contribution in [2.24, 2.45) is 0 Å². The Morgan fingerprint density at radius 3 is 2.87 bits per heavy atom. The molecule has 0 atom stereocenters. The summed E-state index contributed by atoms with van der Waals surface area (Å²) in [5.41, 5.74) is 2.28. The van der Waals surface area contributed by atoms with E-state index in [4.69, 9.17) is 11.6 Å². The van der Waals surface area contributed by atoms with E-state index in [1.807, 2.05) is 0 Å². The van der Waals surface area contributed by atoms with Gasteiger partial charge in [-0.15, -0.1) is 11.3 Å². The van der Waals surface area contributed by atoms with Gasteiger partial charge in [0.05, 0.1) is 10.7 Å². The smallest absolute Gasteiger partial charge is 0.322 e. The number of thiophene rings is 1. The van der Waals surface area contributed by atoms with Crippen molar-refractivity contribution in [3.8, 4) is 0 Å². The van der Waals surface area contributed by atoms with E-state index >= 15 is 0 Å². The van der Waals surface area contributed by atoms with Gasteiger partial charge >= 0.3 is 6.03 Å². The predicted octanol–water partition coefficient (Wildman–Crippen LogP) is 3.95. The largest absolute Gasteiger partial charge is 0.326 e. The highest BCUT2D eigenvalue weighted by Gasteiger charge is 2.22. The molecule has 0 radical (unpaired) electrons. The van der Waals surface area contributed by atoms with E-state index in [1.54, 1.807) is 34.4 Å². The maximum atomic E-state index is 12.5. The fraction of sp³-hybridized carbons (Fsp3) is 0.250. The molecular weight excluding hydrogens is 334 g/mol. The highest BCUT2D eigenvalue weighted by Crippen LogP contribution is 2.28. The van der Waals surface area contributed by atoms with Crippen molar-refractivity contribution in [2.75, 3.05) is 17.2 Å². The van der Waals surface area contributed by atoms with Gasteiger partial charge in [-0.05, 0) is 41.6 Å². The van der Waals surface area contributed by atoms with Crippen molar-refractivity contribution in [2.45, 2.75) is 19.9 Å². The minimum absolute atomic E-state index is 0.175. The normalized spacial score (nSPS) is 13.4. The van der Waals surface area contributed by atoms with Gasteiger partial charge in [0.1, 0.15) is 0 Å². The van der Waals surface area contributed by atoms with Crippen LogP contribution in [0.2, 0.25) is 5.02 Å². The summed E-state index contributed by atoms with van der Waals surface area (Å²) in [7, 11) is 0. The number of fused-ring (bicyclic) bond motifs is 1. The lowest BCUT2D eigenvalue weighted by atomic mass is 10.1. The summed E-state index contributed by atoms with van der Waals surface area (Å²) >= 11 is 7.87. The van der Waals surface area contributed by atoms with E-state index < -0.39 is 0 Å². The standard InChI is InChI=1S/C16H16ClN3O2S/c1-10(21)18-12-2-3-13(17)14(8-12)19-16(22)20-6-4-15-11(9-20)5-7-23-15/h2-3,5,7-8H,4,6,9H2,1H3,(H,18,21)(H,19,22). The van der Waals surface area contributed by atoms with Crippen LogP contribution in [0.3, 0.4) is 0 Å². The van der Waals surface area contributed by atoms with Crippen LogP contribution in [0.4, 0.5) is 16.2 Å². The Morgan fingerprint density at radius 2 is 2.09 bits per heavy atom. The molecule has 2 heterocycles. The topological polar surface area (TPSA) is 61.4 Å². The van der Waals surface area contributed by atoms with Crippen LogP contribution in [0.5, 0.6) is 0 Å². The summed E-state index contributed by atoms with van der Waals surface area (Å²) in [6, 6.07) is 6.86. The Labute approximate surface area is 143 Å². The van der Waals surface area contributed by atoms with Crippen LogP contribution in [-0.2, 0) is 17.8 Å². The van der Waals surface area contributed by atoms with Gasteiger partial charge in [0, 0.05) is 30.6 Å². The first kappa shape index (κ1) is 15.8. The molecule has 1 aliphatic heterocycles. The van der Waals surface area contributed by atoms with E-state index in [-0.39, 0.29) is 11.9 Å². The predicted molar refractivity (Wildman–Crippen MR) is 93.2 cm³/mol. The lowest BCUT2D eigenvalue weighted by molar-refractivity contribution is -0.114. The zero-order chi connectivity index (χ0) is 16.4. The van der Waals surface area contributed by atoms with E-state index in [0.717, 1.165) is 6.42 Å². The molecule has 0 saturated heterocycles. The first-order valence-electron chi connectivity index (χ1n) is 7.21. The Morgan fingerprint density at radius 1 is 1.26 bits per heavy atom. The van der Waals surface area contributed by atoms with Gasteiger partial charge in [0.2, 0.25) is 5.91 Å². The van der Waals surface area contributed by atoms with Crippen molar-refractivity contribution in [1.82, 2.24) is 4.90 Å². The number of benzene rings is 1. The fourth-order valence-corrected chi connectivity index (χ4v) is 3.57. The molecular formula is C16H16ClN3O2S. The molecule has 0 spiro atoms. The number of nitrogens with one attached hydrogen (secondary N) is 2. The lowest BCUT2D eigenvalue weighted by Gasteiger charge is -2.27. The SMILES string of the molecule is CC(=O)Nc1ccc(Cl)c(NC(=O)N2CCc3sccc3C2)c1. The van der Waals surface area contributed by atoms with Crippen LogP contribution in [0.15, 0.2) is 29.6 Å². The van der Waals surface area contributed by atoms with Crippen LogP contribution in [0.1, 0.15) is 17.4 Å². The summed E-state index contributed by atoms with van der Waals surface area (Å²) in [5.74, 6) is -0.175. The Hall–Kier alpha value is -2.05. The molecule has 0 bridgehead atoms. The first-order valence-corrected chi connectivity index (χ1v) is 8.47. The average Bonchev–Trinajstić information content (AvgIpc) is 2.97. The van der Waals surface area contributed by atoms with Gasteiger partial charge in [-0.3, -0.25) is 4.79 Å². The van der Waals surface area contributed by atoms with Gasteiger partial charge in [-0.25, -0.2) is 4.79 Å². The van der Waals surface area contributed by atoms with Crippen molar-refractivity contribution in [3.05, 3.63) is 45.1 Å². The third-order valence-corrected chi connectivity index (χ3v) is 4.98. The van der Waals surface area contributed by atoms with Crippen molar-refractivity contribution < 1.29 is 9.59 Å². The molecule has 23 heavy (non-hydrogen) atoms. The van der Waals surface area contributed by atoms with Gasteiger partial charge in [0.25, 0.3) is 0 Å². The lowest BCUT2D eigenvalue weighted by Crippen LogP contribution is -2.38. The van der Waals surface area contributed by atoms with Crippen molar-refractivity contribution in [1.29, 1.82) is 0 Å². The van der Waals surface area contributed by atoms with Crippen LogP contribution in [0, 0.1) is 0 Å². The summed E-state index contributed by atoms with van der Waals surface area (Å²) in [6.07, 6.45) is 0.875. The molecule has 2 N–H and O–H groups in total. The zero-order valence-corrected chi connectivity index (χ0v) is 14.1. The van der Waals surface area contributed by atoms with Gasteiger partial charge < -0.3 is 15.5 Å². The summed E-state index contributed by atoms with van der Waals surface area (Å²) in [4.78, 5) is 26.7. The third-order valence-electron chi connectivity index (χ3n) is 3.62. The minimum Gasteiger partial charge on any atom is -0.326 e. The third kappa shape index (κ3) is 3.65. The number of urea groups is 1. The van der Waals surface area contributed by atoms with Gasteiger partial charge in [-0.1, -0.05) is 11.6 Å². The van der Waals surface area contributed by atoms with Gasteiger partial charge in [-0.2, -0.15) is 0 Å². The first-order chi connectivity index (χ1) is 11.0. The number of carbonyl (C=O) groups excluding carboxylic acids is 2. The van der Waals surface area contributed by atoms with Crippen molar-refractivity contribution >= 4 is 46.3 Å². The summed E-state index contributed by atoms with van der Waals surface area (Å²) < 4.78 is 0. The fourth-order valence-electron chi connectivity index (χ4n) is 2.52. The molecule has 120 valence electrons. The molecule has 1 aromatic carbocycles. The van der Waals surface area contributed by atoms with Crippen molar-refractivity contribution in [3.63, 3.8) is 0 Å². The summed E-state index contributed by atoms with van der Waals surface area (Å²) in [6.45, 7) is 2.72. The Kier molecular flexibility index (Phi) is 4.54. The number of amides is 3. The number of hydrogen-bond donors (Lipinski definition) is 2. The quantitative estimate of drug-likeness (QED) is 0.862. The maximum absolute atomic E-state index is 12.5. The molecule has 5 nitrogen and oxygen atoms in total. The Bertz CT molecular complexity index is 760. The van der Waals surface area contributed by atoms with E-state index in [9.17, 15) is 9.59 Å². The number of carbonyl (C=O) groups is 2. The number of rotatable bonds is 2. The van der Waals surface area contributed by atoms with Crippen LogP contribution in [0.25, 0.3) is 0 Å². The number of halogens is 1. The molecule has 2 aromatic rings. The molecule has 0 saturated carbocycles. The highest BCUT2D eigenvalue weighted by atomic mass is 35.5. The second-order valence-corrected chi connectivity index (χ2v) is 6.75. The summed E-state index contributed by atoms with van der Waals surface area (Å²) in [5, 5.41) is 7.98. The molecule has 1 aliphatic rings. The van der Waals surface area contributed by atoms with Crippen LogP contribution >= 0.6 is 22.9 Å². The van der Waals surface area contributed by atoms with E-state index in [0.29, 0.717) is 29.5 Å². The monoisotopic (exact) mass is 349 g/mol. The minimum atomic E-state index is -0.191. The second kappa shape index (κ2) is 6.60. The highest BCUT2D eigenvalue weighted by molar-refractivity contribution is 7.10. The molecule has 1 aromatic heterocycles. The average molecular weight is 350 g/mol. The number of hydrogen-bond acceptors (Lipinski definition) is 3. The molecule has 0 unspecified atom stereocenters.